The Kier molecular flexibility index (Phi) is 4.98. The van der Waals surface area contributed by atoms with Crippen LogP contribution in [0, 0.1) is 11.8 Å². The Balaban J connectivity index is 1.98. The monoisotopic (exact) mass is 293 g/mol. The molecule has 2 atom stereocenters. The van der Waals surface area contributed by atoms with E-state index in [9.17, 15) is 14.7 Å². The molecular formula is C15H23N3O3. The normalized spacial score (nSPS) is 22.0. The second-order valence-electron chi connectivity index (χ2n) is 5.72. The lowest BCUT2D eigenvalue weighted by atomic mass is 9.79. The largest absolute Gasteiger partial charge is 0.481 e. The Morgan fingerprint density at radius 3 is 2.81 bits per heavy atom. The Morgan fingerprint density at radius 1 is 1.43 bits per heavy atom. The van der Waals surface area contributed by atoms with Crippen LogP contribution in [0.1, 0.15) is 48.7 Å². The molecule has 1 aliphatic rings. The van der Waals surface area contributed by atoms with Crippen molar-refractivity contribution < 1.29 is 14.7 Å². The molecule has 1 fully saturated rings. The number of carboxylic acids is 1. The molecule has 21 heavy (non-hydrogen) atoms. The van der Waals surface area contributed by atoms with Crippen LogP contribution in [-0.4, -0.2) is 33.3 Å². The van der Waals surface area contributed by atoms with Crippen molar-refractivity contribution in [2.75, 3.05) is 6.54 Å². The van der Waals surface area contributed by atoms with Gasteiger partial charge < -0.3 is 10.4 Å². The van der Waals surface area contributed by atoms with E-state index >= 15 is 0 Å². The van der Waals surface area contributed by atoms with Gasteiger partial charge in [-0.1, -0.05) is 19.8 Å². The van der Waals surface area contributed by atoms with Gasteiger partial charge in [0.25, 0.3) is 5.91 Å². The van der Waals surface area contributed by atoms with Crippen molar-refractivity contribution in [2.24, 2.45) is 18.9 Å². The highest BCUT2D eigenvalue weighted by Gasteiger charge is 2.31. The van der Waals surface area contributed by atoms with E-state index in [4.69, 9.17) is 0 Å². The van der Waals surface area contributed by atoms with E-state index in [1.54, 1.807) is 17.9 Å². The molecule has 2 N–H and O–H groups in total. The third-order valence-corrected chi connectivity index (χ3v) is 4.24. The molecule has 2 unspecified atom stereocenters. The summed E-state index contributed by atoms with van der Waals surface area (Å²) in [6, 6.07) is 0. The van der Waals surface area contributed by atoms with E-state index < -0.39 is 5.97 Å². The van der Waals surface area contributed by atoms with E-state index in [1.165, 1.54) is 0 Å². The summed E-state index contributed by atoms with van der Waals surface area (Å²) in [4.78, 5) is 23.5. The van der Waals surface area contributed by atoms with Crippen LogP contribution < -0.4 is 5.32 Å². The van der Waals surface area contributed by atoms with Gasteiger partial charge >= 0.3 is 5.97 Å². The number of amides is 1. The molecule has 1 aromatic heterocycles. The van der Waals surface area contributed by atoms with Gasteiger partial charge in [0.05, 0.1) is 17.2 Å². The van der Waals surface area contributed by atoms with Gasteiger partial charge in [0.1, 0.15) is 0 Å². The van der Waals surface area contributed by atoms with Gasteiger partial charge in [0.15, 0.2) is 0 Å². The second kappa shape index (κ2) is 6.74. The quantitative estimate of drug-likeness (QED) is 0.863. The summed E-state index contributed by atoms with van der Waals surface area (Å²) in [5, 5.41) is 16.4. The predicted octanol–water partition coefficient (Wildman–Crippen LogP) is 1.60. The molecule has 1 aliphatic carbocycles. The summed E-state index contributed by atoms with van der Waals surface area (Å²) in [5.41, 5.74) is 1.36. The molecule has 2 rings (SSSR count). The topological polar surface area (TPSA) is 84.2 Å². The van der Waals surface area contributed by atoms with E-state index in [0.717, 1.165) is 25.0 Å². The highest BCUT2D eigenvalue weighted by atomic mass is 16.4. The number of hydrogen-bond acceptors (Lipinski definition) is 3. The molecule has 116 valence electrons. The highest BCUT2D eigenvalue weighted by molar-refractivity contribution is 5.95. The number of aliphatic carboxylic acids is 1. The molecule has 0 radical (unpaired) electrons. The lowest BCUT2D eigenvalue weighted by Crippen LogP contribution is -2.37. The summed E-state index contributed by atoms with van der Waals surface area (Å²) in [5.74, 6) is -1.21. The minimum Gasteiger partial charge on any atom is -0.481 e. The summed E-state index contributed by atoms with van der Waals surface area (Å²) in [7, 11) is 1.79. The Labute approximate surface area is 124 Å². The molecule has 1 saturated carbocycles. The molecule has 1 heterocycles. The maximum Gasteiger partial charge on any atom is 0.306 e. The van der Waals surface area contributed by atoms with E-state index in [1.807, 2.05) is 6.92 Å². The first-order chi connectivity index (χ1) is 10.0. The zero-order valence-electron chi connectivity index (χ0n) is 12.6. The Morgan fingerprint density at radius 2 is 2.14 bits per heavy atom. The molecule has 0 spiro atoms. The number of nitrogens with one attached hydrogen (secondary N) is 1. The molecule has 6 nitrogen and oxygen atoms in total. The average Bonchev–Trinajstić information content (AvgIpc) is 2.86. The minimum atomic E-state index is -0.746. The van der Waals surface area contributed by atoms with Crippen molar-refractivity contribution in [1.82, 2.24) is 15.1 Å². The number of aromatic nitrogens is 2. The van der Waals surface area contributed by atoms with E-state index in [-0.39, 0.29) is 17.7 Å². The number of carbonyl (C=O) groups excluding carboxylic acids is 1. The van der Waals surface area contributed by atoms with Crippen molar-refractivity contribution >= 4 is 11.9 Å². The van der Waals surface area contributed by atoms with Crippen LogP contribution in [0.2, 0.25) is 0 Å². The Bertz CT molecular complexity index is 524. The minimum absolute atomic E-state index is 0.0296. The summed E-state index contributed by atoms with van der Waals surface area (Å²) in [6.07, 6.45) is 5.99. The molecule has 6 heteroatoms. The molecule has 0 saturated heterocycles. The first-order valence-electron chi connectivity index (χ1n) is 7.56. The fourth-order valence-corrected chi connectivity index (χ4v) is 3.08. The van der Waals surface area contributed by atoms with Crippen molar-refractivity contribution in [2.45, 2.75) is 39.0 Å². The number of carboxylic acid groups (broad SMARTS) is 1. The van der Waals surface area contributed by atoms with Gasteiger partial charge in [-0.25, -0.2) is 0 Å². The summed E-state index contributed by atoms with van der Waals surface area (Å²) in [6.45, 7) is 2.38. The maximum absolute atomic E-state index is 12.2. The Hall–Kier alpha value is -1.85. The maximum atomic E-state index is 12.2. The molecule has 0 aliphatic heterocycles. The first-order valence-corrected chi connectivity index (χ1v) is 7.56. The molecule has 0 bridgehead atoms. The predicted molar refractivity (Wildman–Crippen MR) is 78.0 cm³/mol. The fourth-order valence-electron chi connectivity index (χ4n) is 3.08. The standard InChI is InChI=1S/C15H23N3O3/c1-3-13-12(9-18(2)17-13)14(19)16-8-10-6-4-5-7-11(10)15(20)21/h9-11H,3-8H2,1-2H3,(H,16,19)(H,20,21). The van der Waals surface area contributed by atoms with Crippen LogP contribution in [-0.2, 0) is 18.3 Å². The van der Waals surface area contributed by atoms with Crippen LogP contribution in [0.5, 0.6) is 0 Å². The van der Waals surface area contributed by atoms with Crippen LogP contribution in [0.4, 0.5) is 0 Å². The fraction of sp³-hybridized carbons (Fsp3) is 0.667. The summed E-state index contributed by atoms with van der Waals surface area (Å²) < 4.78 is 1.63. The lowest BCUT2D eigenvalue weighted by molar-refractivity contribution is -0.144. The van der Waals surface area contributed by atoms with Gasteiger partial charge in [0, 0.05) is 19.8 Å². The third-order valence-electron chi connectivity index (χ3n) is 4.24. The smallest absolute Gasteiger partial charge is 0.306 e. The van der Waals surface area contributed by atoms with Gasteiger partial charge in [-0.3, -0.25) is 14.3 Å². The molecule has 0 aromatic carbocycles. The zero-order valence-corrected chi connectivity index (χ0v) is 12.6. The highest BCUT2D eigenvalue weighted by Crippen LogP contribution is 2.29. The molecular weight excluding hydrogens is 270 g/mol. The lowest BCUT2D eigenvalue weighted by Gasteiger charge is -2.28. The average molecular weight is 293 g/mol. The van der Waals surface area contributed by atoms with Crippen LogP contribution in [0.15, 0.2) is 6.20 Å². The molecule has 1 aromatic rings. The SMILES string of the molecule is CCc1nn(C)cc1C(=O)NCC1CCCCC1C(=O)O. The van der Waals surface area contributed by atoms with E-state index in [0.29, 0.717) is 24.9 Å². The van der Waals surface area contributed by atoms with Gasteiger partial charge in [0.2, 0.25) is 0 Å². The molecule has 1 amide bonds. The third kappa shape index (κ3) is 3.62. The number of rotatable bonds is 5. The van der Waals surface area contributed by atoms with Crippen molar-refractivity contribution in [3.8, 4) is 0 Å². The number of aryl methyl sites for hydroxylation is 2. The second-order valence-corrected chi connectivity index (χ2v) is 5.72. The van der Waals surface area contributed by atoms with Gasteiger partial charge in [-0.2, -0.15) is 5.10 Å². The van der Waals surface area contributed by atoms with Crippen molar-refractivity contribution in [3.05, 3.63) is 17.5 Å². The van der Waals surface area contributed by atoms with Crippen LogP contribution in [0.25, 0.3) is 0 Å². The van der Waals surface area contributed by atoms with Gasteiger partial charge in [-0.05, 0) is 25.2 Å². The van der Waals surface area contributed by atoms with Crippen LogP contribution >= 0.6 is 0 Å². The first kappa shape index (κ1) is 15.5. The van der Waals surface area contributed by atoms with E-state index in [2.05, 4.69) is 10.4 Å². The number of carbonyl (C=O) groups is 2. The van der Waals surface area contributed by atoms with Crippen molar-refractivity contribution in [1.29, 1.82) is 0 Å². The zero-order chi connectivity index (χ0) is 15.4. The van der Waals surface area contributed by atoms with Crippen molar-refractivity contribution in [3.63, 3.8) is 0 Å². The van der Waals surface area contributed by atoms with Gasteiger partial charge in [-0.15, -0.1) is 0 Å². The number of nitrogens with zero attached hydrogens (tertiary/aromatic N) is 2. The summed E-state index contributed by atoms with van der Waals surface area (Å²) >= 11 is 0. The van der Waals surface area contributed by atoms with Crippen LogP contribution in [0.3, 0.4) is 0 Å². The number of hydrogen-bond donors (Lipinski definition) is 2.